The van der Waals surface area contributed by atoms with Crippen LogP contribution in [0.2, 0.25) is 0 Å². The minimum atomic E-state index is 0.404. The van der Waals surface area contributed by atoms with E-state index in [1.165, 1.54) is 43.5 Å². The van der Waals surface area contributed by atoms with Crippen LogP contribution in [0.5, 0.6) is 0 Å². The smallest absolute Gasteiger partial charge is 0.0423 e. The highest BCUT2D eigenvalue weighted by Gasteiger charge is 2.39. The van der Waals surface area contributed by atoms with Gasteiger partial charge in [-0.05, 0) is 50.3 Å². The molecule has 1 unspecified atom stereocenters. The molecule has 0 amide bonds. The Morgan fingerprint density at radius 2 is 2.20 bits per heavy atom. The predicted molar refractivity (Wildman–Crippen MR) is 64.2 cm³/mol. The molecular weight excluding hydrogens is 184 g/mol. The van der Waals surface area contributed by atoms with Gasteiger partial charge in [0.05, 0.1) is 0 Å². The summed E-state index contributed by atoms with van der Waals surface area (Å²) in [5.74, 6) is 0. The predicted octanol–water partition coefficient (Wildman–Crippen LogP) is 2.57. The molecule has 0 aromatic heterocycles. The van der Waals surface area contributed by atoms with Crippen molar-refractivity contribution in [1.82, 2.24) is 0 Å². The molecule has 2 aliphatic rings. The number of rotatable bonds is 0. The summed E-state index contributed by atoms with van der Waals surface area (Å²) >= 11 is 0. The first-order valence-electron chi connectivity index (χ1n) is 5.85. The minimum Gasteiger partial charge on any atom is -0.399 e. The second kappa shape index (κ2) is 2.91. The quantitative estimate of drug-likeness (QED) is 0.655. The van der Waals surface area contributed by atoms with Crippen molar-refractivity contribution in [2.45, 2.75) is 38.1 Å². The molecule has 80 valence electrons. The van der Waals surface area contributed by atoms with Gasteiger partial charge in [-0.3, -0.25) is 0 Å². The number of hydrogen-bond acceptors (Lipinski definition) is 2. The van der Waals surface area contributed by atoms with Crippen molar-refractivity contribution in [3.8, 4) is 0 Å². The van der Waals surface area contributed by atoms with Gasteiger partial charge < -0.3 is 10.6 Å². The number of benzene rings is 1. The molecule has 2 heterocycles. The molecule has 1 aromatic rings. The summed E-state index contributed by atoms with van der Waals surface area (Å²) in [5.41, 5.74) is 10.0. The monoisotopic (exact) mass is 202 g/mol. The summed E-state index contributed by atoms with van der Waals surface area (Å²) < 4.78 is 0. The van der Waals surface area contributed by atoms with Crippen LogP contribution in [0.4, 0.5) is 11.4 Å². The number of fused-ring (bicyclic) bond motifs is 3. The van der Waals surface area contributed by atoms with Crippen LogP contribution in [0.3, 0.4) is 0 Å². The van der Waals surface area contributed by atoms with Crippen molar-refractivity contribution in [2.24, 2.45) is 0 Å². The highest BCUT2D eigenvalue weighted by atomic mass is 15.2. The second-order valence-corrected chi connectivity index (χ2v) is 5.14. The average Bonchev–Trinajstić information content (AvgIpc) is 2.60. The van der Waals surface area contributed by atoms with E-state index in [0.29, 0.717) is 5.54 Å². The summed E-state index contributed by atoms with van der Waals surface area (Å²) in [7, 11) is 0. The van der Waals surface area contributed by atoms with Gasteiger partial charge in [0.25, 0.3) is 0 Å². The molecule has 2 N–H and O–H groups in total. The van der Waals surface area contributed by atoms with Crippen molar-refractivity contribution in [1.29, 1.82) is 0 Å². The first-order chi connectivity index (χ1) is 7.19. The van der Waals surface area contributed by atoms with E-state index in [4.69, 9.17) is 5.73 Å². The van der Waals surface area contributed by atoms with E-state index in [2.05, 4.69) is 24.0 Å². The molecule has 1 aromatic carbocycles. The molecule has 1 fully saturated rings. The van der Waals surface area contributed by atoms with E-state index in [9.17, 15) is 0 Å². The van der Waals surface area contributed by atoms with Crippen LogP contribution in [0.25, 0.3) is 0 Å². The molecule has 3 rings (SSSR count). The molecule has 1 atom stereocenters. The Kier molecular flexibility index (Phi) is 1.76. The summed E-state index contributed by atoms with van der Waals surface area (Å²) in [6, 6.07) is 6.37. The van der Waals surface area contributed by atoms with E-state index in [1.54, 1.807) is 0 Å². The summed E-state index contributed by atoms with van der Waals surface area (Å²) in [6.07, 6.45) is 5.17. The van der Waals surface area contributed by atoms with Gasteiger partial charge in [-0.25, -0.2) is 0 Å². The van der Waals surface area contributed by atoms with Gasteiger partial charge in [0.1, 0.15) is 0 Å². The molecule has 2 nitrogen and oxygen atoms in total. The lowest BCUT2D eigenvalue weighted by molar-refractivity contribution is 0.416. The van der Waals surface area contributed by atoms with E-state index in [-0.39, 0.29) is 0 Å². The number of aryl methyl sites for hydroxylation is 1. The van der Waals surface area contributed by atoms with Crippen LogP contribution < -0.4 is 10.6 Å². The Labute approximate surface area is 91.1 Å². The van der Waals surface area contributed by atoms with E-state index < -0.39 is 0 Å². The van der Waals surface area contributed by atoms with Crippen molar-refractivity contribution >= 4 is 11.4 Å². The average molecular weight is 202 g/mol. The third-order valence-corrected chi connectivity index (χ3v) is 4.08. The fourth-order valence-corrected chi connectivity index (χ4v) is 3.14. The fourth-order valence-electron chi connectivity index (χ4n) is 3.14. The Bertz CT molecular complexity index is 400. The highest BCUT2D eigenvalue weighted by Crippen LogP contribution is 2.43. The Balaban J connectivity index is 2.11. The minimum absolute atomic E-state index is 0.404. The third kappa shape index (κ3) is 1.24. The van der Waals surface area contributed by atoms with Gasteiger partial charge in [-0.2, -0.15) is 0 Å². The maximum atomic E-state index is 5.88. The van der Waals surface area contributed by atoms with Gasteiger partial charge in [-0.1, -0.05) is 6.07 Å². The number of nitrogens with zero attached hydrogens (tertiary/aromatic N) is 1. The lowest BCUT2D eigenvalue weighted by Crippen LogP contribution is -2.44. The lowest BCUT2D eigenvalue weighted by atomic mass is 9.85. The maximum absolute atomic E-state index is 5.88. The fraction of sp³-hybridized carbons (Fsp3) is 0.538. The van der Waals surface area contributed by atoms with Crippen molar-refractivity contribution < 1.29 is 0 Å². The van der Waals surface area contributed by atoms with Gasteiger partial charge in [-0.15, -0.1) is 0 Å². The van der Waals surface area contributed by atoms with Crippen molar-refractivity contribution in [3.63, 3.8) is 0 Å². The van der Waals surface area contributed by atoms with Crippen LogP contribution in [-0.4, -0.2) is 12.1 Å². The van der Waals surface area contributed by atoms with E-state index in [0.717, 1.165) is 5.69 Å². The third-order valence-electron chi connectivity index (χ3n) is 4.08. The van der Waals surface area contributed by atoms with Crippen LogP contribution in [-0.2, 0) is 6.42 Å². The first-order valence-corrected chi connectivity index (χ1v) is 5.85. The molecule has 15 heavy (non-hydrogen) atoms. The Morgan fingerprint density at radius 3 is 3.07 bits per heavy atom. The zero-order valence-electron chi connectivity index (χ0n) is 9.29. The SMILES string of the molecule is CC12CCCN1c1cc(N)ccc1CC2. The number of anilines is 2. The van der Waals surface area contributed by atoms with Crippen LogP contribution >= 0.6 is 0 Å². The maximum Gasteiger partial charge on any atom is 0.0423 e. The first kappa shape index (κ1) is 9.08. The topological polar surface area (TPSA) is 29.3 Å². The molecule has 0 spiro atoms. The Hall–Kier alpha value is -1.18. The number of nitrogen functional groups attached to an aromatic ring is 1. The zero-order chi connectivity index (χ0) is 10.5. The van der Waals surface area contributed by atoms with Crippen LogP contribution in [0.1, 0.15) is 31.7 Å². The summed E-state index contributed by atoms with van der Waals surface area (Å²) in [4.78, 5) is 2.57. The molecule has 0 radical (unpaired) electrons. The second-order valence-electron chi connectivity index (χ2n) is 5.14. The molecule has 0 bridgehead atoms. The van der Waals surface area contributed by atoms with Crippen LogP contribution in [0, 0.1) is 0 Å². The van der Waals surface area contributed by atoms with Gasteiger partial charge >= 0.3 is 0 Å². The van der Waals surface area contributed by atoms with Crippen LogP contribution in [0.15, 0.2) is 18.2 Å². The number of hydrogen-bond donors (Lipinski definition) is 1. The van der Waals surface area contributed by atoms with Gasteiger partial charge in [0.2, 0.25) is 0 Å². The lowest BCUT2D eigenvalue weighted by Gasteiger charge is -2.42. The van der Waals surface area contributed by atoms with E-state index in [1.807, 2.05) is 6.07 Å². The normalized spacial score (nSPS) is 28.7. The van der Waals surface area contributed by atoms with E-state index >= 15 is 0 Å². The standard InChI is InChI=1S/C13H18N2/c1-13-6-2-8-15(13)12-9-11(14)4-3-10(12)5-7-13/h3-4,9H,2,5-8,14H2,1H3. The number of nitrogens with two attached hydrogens (primary N) is 1. The van der Waals surface area contributed by atoms with Crippen molar-refractivity contribution in [3.05, 3.63) is 23.8 Å². The molecular formula is C13H18N2. The zero-order valence-corrected chi connectivity index (χ0v) is 9.29. The summed E-state index contributed by atoms with van der Waals surface area (Å²) in [5, 5.41) is 0. The van der Waals surface area contributed by atoms with Gasteiger partial charge in [0.15, 0.2) is 0 Å². The molecule has 0 saturated carbocycles. The molecule has 1 saturated heterocycles. The van der Waals surface area contributed by atoms with Crippen molar-refractivity contribution in [2.75, 3.05) is 17.2 Å². The molecule has 2 aliphatic heterocycles. The molecule has 0 aliphatic carbocycles. The molecule has 2 heteroatoms. The van der Waals surface area contributed by atoms with Gasteiger partial charge in [0, 0.05) is 23.5 Å². The Morgan fingerprint density at radius 1 is 1.33 bits per heavy atom. The highest BCUT2D eigenvalue weighted by molar-refractivity contribution is 5.64. The largest absolute Gasteiger partial charge is 0.399 e. The summed E-state index contributed by atoms with van der Waals surface area (Å²) in [6.45, 7) is 3.60.